The second-order valence-corrected chi connectivity index (χ2v) is 17.6. The van der Waals surface area contributed by atoms with E-state index in [-0.39, 0.29) is 0 Å². The Kier molecular flexibility index (Phi) is 7.98. The number of hydrogen-bond donors (Lipinski definition) is 0. The third kappa shape index (κ3) is 5.51. The van der Waals surface area contributed by atoms with Gasteiger partial charge in [0.25, 0.3) is 0 Å². The van der Waals surface area contributed by atoms with Crippen LogP contribution in [0.1, 0.15) is 11.1 Å². The smallest absolute Gasteiger partial charge is 0.174 e. The van der Waals surface area contributed by atoms with Crippen LogP contribution in [0.2, 0.25) is 0 Å². The highest BCUT2D eigenvalue weighted by Gasteiger charge is 2.24. The fourth-order valence-electron chi connectivity index (χ4n) is 9.11. The molecule has 1 aromatic heterocycles. The average molecular weight is 864 g/mol. The van der Waals surface area contributed by atoms with Gasteiger partial charge in [-0.05, 0) is 92.8 Å². The van der Waals surface area contributed by atoms with Crippen LogP contribution in [0.15, 0.2) is 216 Å². The number of halogens is 1. The maximum atomic E-state index is 5.57. The molecule has 0 N–H and O–H groups in total. The molecule has 276 valence electrons. The van der Waals surface area contributed by atoms with Gasteiger partial charge in [-0.25, -0.2) is 9.98 Å². The van der Waals surface area contributed by atoms with Gasteiger partial charge in [0.1, 0.15) is 3.63 Å². The first-order chi connectivity index (χ1) is 29.3. The van der Waals surface area contributed by atoms with E-state index in [4.69, 9.17) is 9.98 Å². The molecule has 0 saturated carbocycles. The fourth-order valence-corrected chi connectivity index (χ4v) is 11.7. The normalized spacial score (nSPS) is 13.2. The molecule has 0 fully saturated rings. The van der Waals surface area contributed by atoms with E-state index in [0.29, 0.717) is 0 Å². The van der Waals surface area contributed by atoms with E-state index in [1.54, 1.807) is 0 Å². The van der Waals surface area contributed by atoms with Crippen molar-refractivity contribution in [2.45, 2.75) is 0 Å². The van der Waals surface area contributed by atoms with Crippen molar-refractivity contribution in [3.05, 3.63) is 217 Å². The summed E-state index contributed by atoms with van der Waals surface area (Å²) in [6.07, 6.45) is 0. The zero-order valence-corrected chi connectivity index (χ0v) is 34.0. The zero-order valence-electron chi connectivity index (χ0n) is 31.8. The molecule has 0 atom stereocenters. The topological polar surface area (TPSA) is 29.6 Å². The molecule has 0 radical (unpaired) electrons. The highest BCUT2D eigenvalue weighted by atomic mass is 127. The first-order valence-corrected chi connectivity index (χ1v) is 22.1. The van der Waals surface area contributed by atoms with Crippen LogP contribution in [-0.4, -0.2) is 17.9 Å². The second kappa shape index (κ2) is 13.8. The third-order valence-corrected chi connectivity index (χ3v) is 14.3. The van der Waals surface area contributed by atoms with Gasteiger partial charge in [-0.3, -0.25) is 4.57 Å². The number of nitrogens with zero attached hydrogens (tertiary/aromatic N) is 3. The van der Waals surface area contributed by atoms with Gasteiger partial charge < -0.3 is 0 Å². The number of benzene rings is 10. The van der Waals surface area contributed by atoms with Crippen LogP contribution in [0.3, 0.4) is 0 Å². The quantitative estimate of drug-likeness (QED) is 0.125. The Morgan fingerprint density at radius 3 is 1.51 bits per heavy atom. The number of amidine groups is 1. The molecule has 11 aromatic rings. The predicted molar refractivity (Wildman–Crippen MR) is 261 cm³/mol. The average Bonchev–Trinajstić information content (AvgIpc) is 3.67. The van der Waals surface area contributed by atoms with Crippen molar-refractivity contribution >= 4 is 98.9 Å². The van der Waals surface area contributed by atoms with Crippen molar-refractivity contribution in [3.63, 3.8) is 0 Å². The monoisotopic (exact) mass is 863 g/mol. The molecule has 2 heterocycles. The van der Waals surface area contributed by atoms with Crippen molar-refractivity contribution in [1.29, 1.82) is 0 Å². The van der Waals surface area contributed by atoms with Crippen molar-refractivity contribution in [1.82, 2.24) is 4.57 Å². The summed E-state index contributed by atoms with van der Waals surface area (Å²) >= 11 is -0.801. The molecule has 1 aliphatic heterocycles. The predicted octanol–water partition coefficient (Wildman–Crippen LogP) is 14.6. The minimum atomic E-state index is -0.801. The molecular formula is C55H34IN3. The van der Waals surface area contributed by atoms with Gasteiger partial charge in [-0.2, -0.15) is 0 Å². The van der Waals surface area contributed by atoms with Crippen LogP contribution in [0.5, 0.6) is 0 Å². The van der Waals surface area contributed by atoms with Crippen molar-refractivity contribution in [2.75, 3.05) is 0 Å². The maximum absolute atomic E-state index is 5.57. The third-order valence-electron chi connectivity index (χ3n) is 11.8. The van der Waals surface area contributed by atoms with Gasteiger partial charge in [-0.1, -0.05) is 194 Å². The molecule has 0 aliphatic carbocycles. The van der Waals surface area contributed by atoms with Crippen molar-refractivity contribution in [2.24, 2.45) is 9.98 Å². The number of aromatic nitrogens is 1. The minimum Gasteiger partial charge on any atom is -0.289 e. The molecule has 0 amide bonds. The van der Waals surface area contributed by atoms with Gasteiger partial charge in [0.15, 0.2) is 9.68 Å². The molecule has 10 aromatic carbocycles. The highest BCUT2D eigenvalue weighted by molar-refractivity contribution is 14.2. The summed E-state index contributed by atoms with van der Waals surface area (Å²) in [5.41, 5.74) is 9.27. The molecule has 0 unspecified atom stereocenters. The Bertz CT molecular complexity index is 3540. The largest absolute Gasteiger partial charge is 0.289 e. The van der Waals surface area contributed by atoms with E-state index in [0.717, 1.165) is 30.0 Å². The standard InChI is InChI=1S/C55H34IN3/c1-3-15-35(16-4-1)40-20-9-10-21-41(40)37-27-29-39(30-28-37)54-57-53(38-18-5-2-6-19-38)56-55(58-54)59-48-33-31-36-17-7-8-22-42(36)51(48)52-49(59)34-32-47-45-25-12-11-23-43(45)44-24-13-14-26-46(44)50(47)52/h1-34H. The van der Waals surface area contributed by atoms with Gasteiger partial charge in [0.2, 0.25) is 0 Å². The molecule has 12 rings (SSSR count). The number of hydrogen-bond acceptors (Lipinski definition) is 2. The molecule has 59 heavy (non-hydrogen) atoms. The molecule has 1 aliphatic rings. The van der Waals surface area contributed by atoms with E-state index in [1.165, 1.54) is 81.6 Å². The lowest BCUT2D eigenvalue weighted by Gasteiger charge is -2.16. The molecule has 3 nitrogen and oxygen atoms in total. The number of aliphatic imine (C=N–C) groups is 2. The summed E-state index contributed by atoms with van der Waals surface area (Å²) in [5, 5.41) is 12.7. The van der Waals surface area contributed by atoms with Crippen molar-refractivity contribution < 1.29 is 0 Å². The Morgan fingerprint density at radius 2 is 0.814 bits per heavy atom. The zero-order chi connectivity index (χ0) is 38.9. The summed E-state index contributed by atoms with van der Waals surface area (Å²) in [4.78, 5) is 10.9. The van der Waals surface area contributed by atoms with Crippen LogP contribution >= 0.6 is 20.7 Å². The van der Waals surface area contributed by atoms with E-state index >= 15 is 0 Å². The van der Waals surface area contributed by atoms with Crippen LogP contribution < -0.4 is 0 Å². The molecule has 0 spiro atoms. The second-order valence-electron chi connectivity index (χ2n) is 15.0. The Labute approximate surface area is 351 Å². The first-order valence-electron chi connectivity index (χ1n) is 20.0. The van der Waals surface area contributed by atoms with E-state index in [1.807, 2.05) is 0 Å². The van der Waals surface area contributed by atoms with E-state index in [9.17, 15) is 0 Å². The summed E-state index contributed by atoms with van der Waals surface area (Å²) < 4.78 is 4.64. The van der Waals surface area contributed by atoms with Gasteiger partial charge in [-0.15, -0.1) is 0 Å². The minimum absolute atomic E-state index is 0.737. The highest BCUT2D eigenvalue weighted by Crippen LogP contribution is 2.45. The fraction of sp³-hybridized carbons (Fsp3) is 0. The Balaban J connectivity index is 1.12. The Morgan fingerprint density at radius 1 is 0.322 bits per heavy atom. The number of rotatable bonds is 4. The number of fused-ring (bicyclic) bond motifs is 12. The maximum Gasteiger partial charge on any atom is 0.174 e. The lowest BCUT2D eigenvalue weighted by Crippen LogP contribution is -2.15. The summed E-state index contributed by atoms with van der Waals surface area (Å²) in [5.74, 6) is 0.737. The van der Waals surface area contributed by atoms with Gasteiger partial charge >= 0.3 is 0 Å². The SMILES string of the molecule is c1ccc(C2=IC(n3c4ccc5ccccc5c4c4c5c6ccccc6c6ccccc6c5ccc43)=NC(c3ccc(-c4ccccc4-c4ccccc4)cc3)=N2)cc1. The van der Waals surface area contributed by atoms with Crippen LogP contribution in [0.25, 0.3) is 87.1 Å². The molecule has 0 bridgehead atoms. The molecular weight excluding hydrogens is 830 g/mol. The summed E-state index contributed by atoms with van der Waals surface area (Å²) in [6.45, 7) is 0. The van der Waals surface area contributed by atoms with Crippen LogP contribution in [0.4, 0.5) is 0 Å². The van der Waals surface area contributed by atoms with E-state index in [2.05, 4.69) is 211 Å². The lowest BCUT2D eigenvalue weighted by atomic mass is 9.91. The van der Waals surface area contributed by atoms with Crippen LogP contribution in [0, 0.1) is 0 Å². The Hall–Kier alpha value is -7.02. The summed E-state index contributed by atoms with van der Waals surface area (Å²) in [6, 6.07) is 74.6. The molecule has 0 saturated heterocycles. The van der Waals surface area contributed by atoms with Crippen molar-refractivity contribution in [3.8, 4) is 22.3 Å². The van der Waals surface area contributed by atoms with Crippen LogP contribution in [-0.2, 0) is 0 Å². The van der Waals surface area contributed by atoms with Gasteiger partial charge in [0.05, 0.1) is 11.0 Å². The van der Waals surface area contributed by atoms with Gasteiger partial charge in [0, 0.05) is 27.3 Å². The van der Waals surface area contributed by atoms with E-state index < -0.39 is 20.7 Å². The lowest BCUT2D eigenvalue weighted by molar-refractivity contribution is 1.31. The molecule has 4 heteroatoms. The first kappa shape index (κ1) is 34.1. The summed E-state index contributed by atoms with van der Waals surface area (Å²) in [7, 11) is 0.